The highest BCUT2D eigenvalue weighted by Crippen LogP contribution is 2.33. The standard InChI is InChI=1S/C24H24BrN7O3/c1-2-19(33)31-12-4-3-5-17(31)23-30-20(21(22(26)34)32(23)27)14-6-8-15(9-7-14)24(35)29-18-13-16(25)10-11-28-18/h2,6-11,13,17H,1,3-5,12,27H2,(H2,26,34)(H,28,29,35)/t17-/m0/s1. The summed E-state index contributed by atoms with van der Waals surface area (Å²) in [5.74, 6) is 5.72. The molecule has 0 saturated carbocycles. The number of anilines is 1. The second-order valence-corrected chi connectivity index (χ2v) is 8.96. The van der Waals surface area contributed by atoms with Gasteiger partial charge < -0.3 is 21.8 Å². The minimum atomic E-state index is -0.749. The van der Waals surface area contributed by atoms with Gasteiger partial charge in [-0.1, -0.05) is 34.6 Å². The molecule has 0 unspecified atom stereocenters. The van der Waals surface area contributed by atoms with Crippen LogP contribution in [0, 0.1) is 0 Å². The van der Waals surface area contributed by atoms with Gasteiger partial charge in [0.05, 0.1) is 6.04 Å². The predicted molar refractivity (Wildman–Crippen MR) is 135 cm³/mol. The van der Waals surface area contributed by atoms with Crippen molar-refractivity contribution in [2.45, 2.75) is 25.3 Å². The van der Waals surface area contributed by atoms with Crippen molar-refractivity contribution in [2.24, 2.45) is 5.73 Å². The number of nitrogens with two attached hydrogens (primary N) is 2. The van der Waals surface area contributed by atoms with Crippen molar-refractivity contribution >= 4 is 39.5 Å². The molecule has 0 radical (unpaired) electrons. The molecule has 3 amide bonds. The van der Waals surface area contributed by atoms with Crippen LogP contribution in [0.1, 0.15) is 52.0 Å². The first kappa shape index (κ1) is 24.1. The van der Waals surface area contributed by atoms with E-state index < -0.39 is 11.9 Å². The molecule has 10 nitrogen and oxygen atoms in total. The number of carbonyl (C=O) groups is 3. The minimum absolute atomic E-state index is 0.0205. The zero-order valence-corrected chi connectivity index (χ0v) is 20.4. The molecule has 3 aromatic rings. The van der Waals surface area contributed by atoms with Crippen LogP contribution in [0.5, 0.6) is 0 Å². The van der Waals surface area contributed by atoms with Gasteiger partial charge in [-0.25, -0.2) is 14.6 Å². The van der Waals surface area contributed by atoms with Crippen molar-refractivity contribution in [1.29, 1.82) is 0 Å². The van der Waals surface area contributed by atoms with E-state index in [1.165, 1.54) is 6.08 Å². The van der Waals surface area contributed by atoms with Gasteiger partial charge in [-0.05, 0) is 49.6 Å². The molecule has 0 spiro atoms. The van der Waals surface area contributed by atoms with Crippen molar-refractivity contribution in [3.63, 3.8) is 0 Å². The summed E-state index contributed by atoms with van der Waals surface area (Å²) in [6.45, 7) is 4.12. The zero-order chi connectivity index (χ0) is 25.1. The van der Waals surface area contributed by atoms with Gasteiger partial charge in [-0.2, -0.15) is 0 Å². The molecule has 2 aromatic heterocycles. The Morgan fingerprint density at radius 3 is 2.57 bits per heavy atom. The first-order chi connectivity index (χ1) is 16.8. The molecule has 1 fully saturated rings. The number of halogens is 1. The van der Waals surface area contributed by atoms with Gasteiger partial charge in [-0.3, -0.25) is 14.4 Å². The van der Waals surface area contributed by atoms with Crippen LogP contribution >= 0.6 is 15.9 Å². The lowest BCUT2D eigenvalue weighted by molar-refractivity contribution is -0.129. The average Bonchev–Trinajstić information content (AvgIpc) is 3.20. The lowest BCUT2D eigenvalue weighted by Crippen LogP contribution is -2.39. The van der Waals surface area contributed by atoms with Crippen molar-refractivity contribution in [1.82, 2.24) is 19.5 Å². The van der Waals surface area contributed by atoms with E-state index in [-0.39, 0.29) is 23.2 Å². The first-order valence-corrected chi connectivity index (χ1v) is 11.7. The van der Waals surface area contributed by atoms with E-state index in [1.807, 2.05) is 0 Å². The molecular formula is C24H24BrN7O3. The number of nitrogens with zero attached hydrogens (tertiary/aromatic N) is 4. The zero-order valence-electron chi connectivity index (χ0n) is 18.8. The molecule has 1 aliphatic rings. The largest absolute Gasteiger partial charge is 0.364 e. The van der Waals surface area contributed by atoms with Crippen LogP contribution in [0.3, 0.4) is 0 Å². The van der Waals surface area contributed by atoms with Crippen LogP contribution in [-0.2, 0) is 4.79 Å². The number of nitrogen functional groups attached to an aromatic ring is 1. The van der Waals surface area contributed by atoms with Gasteiger partial charge in [-0.15, -0.1) is 0 Å². The lowest BCUT2D eigenvalue weighted by Gasteiger charge is -2.34. The Kier molecular flexibility index (Phi) is 6.97. The number of piperidine rings is 1. The van der Waals surface area contributed by atoms with E-state index in [1.54, 1.807) is 47.5 Å². The second-order valence-electron chi connectivity index (χ2n) is 8.04. The quantitative estimate of drug-likeness (QED) is 0.325. The van der Waals surface area contributed by atoms with Gasteiger partial charge in [0.1, 0.15) is 11.5 Å². The number of pyridine rings is 1. The smallest absolute Gasteiger partial charge is 0.269 e. The molecular weight excluding hydrogens is 514 g/mol. The van der Waals surface area contributed by atoms with E-state index in [0.29, 0.717) is 35.7 Å². The summed E-state index contributed by atoms with van der Waals surface area (Å²) < 4.78 is 1.95. The molecule has 3 heterocycles. The van der Waals surface area contributed by atoms with Crippen molar-refractivity contribution < 1.29 is 14.4 Å². The number of primary amides is 1. The van der Waals surface area contributed by atoms with E-state index >= 15 is 0 Å². The van der Waals surface area contributed by atoms with E-state index in [9.17, 15) is 14.4 Å². The molecule has 5 N–H and O–H groups in total. The summed E-state index contributed by atoms with van der Waals surface area (Å²) in [6.07, 6.45) is 5.22. The third-order valence-electron chi connectivity index (χ3n) is 5.81. The summed E-state index contributed by atoms with van der Waals surface area (Å²) >= 11 is 3.34. The Bertz CT molecular complexity index is 1300. The number of amides is 3. The lowest BCUT2D eigenvalue weighted by atomic mass is 10.0. The molecule has 35 heavy (non-hydrogen) atoms. The monoisotopic (exact) mass is 537 g/mol. The fourth-order valence-electron chi connectivity index (χ4n) is 4.14. The number of imidazole rings is 1. The third kappa shape index (κ3) is 4.94. The number of aromatic nitrogens is 3. The van der Waals surface area contributed by atoms with Crippen LogP contribution in [0.15, 0.2) is 59.7 Å². The molecule has 4 rings (SSSR count). The minimum Gasteiger partial charge on any atom is -0.364 e. The van der Waals surface area contributed by atoms with Gasteiger partial charge in [0, 0.05) is 28.3 Å². The number of hydrogen-bond donors (Lipinski definition) is 3. The molecule has 1 saturated heterocycles. The van der Waals surface area contributed by atoms with Crippen molar-refractivity contribution in [3.8, 4) is 11.3 Å². The first-order valence-electron chi connectivity index (χ1n) is 10.9. The molecule has 1 aromatic carbocycles. The van der Waals surface area contributed by atoms with E-state index in [2.05, 4.69) is 37.8 Å². The van der Waals surface area contributed by atoms with E-state index in [0.717, 1.165) is 22.0 Å². The summed E-state index contributed by atoms with van der Waals surface area (Å²) in [5.41, 5.74) is 6.89. The van der Waals surface area contributed by atoms with Crippen LogP contribution in [0.2, 0.25) is 0 Å². The van der Waals surface area contributed by atoms with Crippen LogP contribution < -0.4 is 16.9 Å². The Labute approximate surface area is 210 Å². The molecule has 1 atom stereocenters. The maximum atomic E-state index is 12.6. The topological polar surface area (TPSA) is 149 Å². The van der Waals surface area contributed by atoms with Crippen LogP contribution in [-0.4, -0.2) is 43.8 Å². The highest BCUT2D eigenvalue weighted by Gasteiger charge is 2.33. The second kappa shape index (κ2) is 10.1. The Morgan fingerprint density at radius 1 is 1.17 bits per heavy atom. The van der Waals surface area contributed by atoms with Gasteiger partial charge in [0.15, 0.2) is 11.5 Å². The maximum Gasteiger partial charge on any atom is 0.269 e. The van der Waals surface area contributed by atoms with Crippen LogP contribution in [0.25, 0.3) is 11.3 Å². The average molecular weight is 538 g/mol. The van der Waals surface area contributed by atoms with Gasteiger partial charge in [0.2, 0.25) is 5.91 Å². The summed E-state index contributed by atoms with van der Waals surface area (Å²) in [4.78, 5) is 47.7. The van der Waals surface area contributed by atoms with Gasteiger partial charge >= 0.3 is 0 Å². The Morgan fingerprint density at radius 2 is 1.91 bits per heavy atom. The summed E-state index contributed by atoms with van der Waals surface area (Å²) in [7, 11) is 0. The molecule has 180 valence electrons. The number of carbonyl (C=O) groups excluding carboxylic acids is 3. The summed E-state index contributed by atoms with van der Waals surface area (Å²) in [6, 6.07) is 9.57. The Hall–Kier alpha value is -3.99. The highest BCUT2D eigenvalue weighted by atomic mass is 79.9. The van der Waals surface area contributed by atoms with Crippen LogP contribution in [0.4, 0.5) is 5.82 Å². The molecule has 1 aliphatic heterocycles. The third-order valence-corrected chi connectivity index (χ3v) is 6.31. The number of rotatable bonds is 6. The fourth-order valence-corrected chi connectivity index (χ4v) is 4.48. The maximum absolute atomic E-state index is 12.6. The normalized spacial score (nSPS) is 15.5. The van der Waals surface area contributed by atoms with E-state index in [4.69, 9.17) is 11.6 Å². The number of hydrogen-bond acceptors (Lipinski definition) is 6. The number of nitrogens with one attached hydrogen (secondary N) is 1. The van der Waals surface area contributed by atoms with Gasteiger partial charge in [0.25, 0.3) is 11.8 Å². The highest BCUT2D eigenvalue weighted by molar-refractivity contribution is 9.10. The van der Waals surface area contributed by atoms with Crippen molar-refractivity contribution in [3.05, 3.63) is 76.8 Å². The number of benzene rings is 1. The predicted octanol–water partition coefficient (Wildman–Crippen LogP) is 3.01. The molecule has 11 heteroatoms. The molecule has 0 bridgehead atoms. The fraction of sp³-hybridized carbons (Fsp3) is 0.208. The summed E-state index contributed by atoms with van der Waals surface area (Å²) in [5, 5.41) is 2.73. The Balaban J connectivity index is 1.65. The number of likely N-dealkylation sites (tertiary alicyclic amines) is 1. The SMILES string of the molecule is C=CC(=O)N1CCCC[C@H]1c1nc(-c2ccc(C(=O)Nc3cc(Br)ccn3)cc2)c(C(N)=O)n1N. The van der Waals surface area contributed by atoms with Crippen molar-refractivity contribution in [2.75, 3.05) is 17.7 Å². The molecule has 0 aliphatic carbocycles.